The molecule has 1 fully saturated rings. The second kappa shape index (κ2) is 18.2. The minimum Gasteiger partial charge on any atom is -0.490 e. The van der Waals surface area contributed by atoms with E-state index >= 15 is 0 Å². The minimum absolute atomic E-state index is 0.210. The summed E-state index contributed by atoms with van der Waals surface area (Å²) in [6.45, 7) is 19.4. The fourth-order valence-electron chi connectivity index (χ4n) is 5.68. The summed E-state index contributed by atoms with van der Waals surface area (Å²) >= 11 is 0. The molecule has 0 spiro atoms. The van der Waals surface area contributed by atoms with Crippen LogP contribution in [0.25, 0.3) is 0 Å². The second-order valence-electron chi connectivity index (χ2n) is 13.8. The summed E-state index contributed by atoms with van der Waals surface area (Å²) in [6, 6.07) is 29.8. The van der Waals surface area contributed by atoms with Crippen LogP contribution in [0.4, 0.5) is 4.79 Å². The number of ether oxygens (including phenoxy) is 6. The van der Waals surface area contributed by atoms with Crippen LogP contribution in [0.5, 0.6) is 0 Å². The highest BCUT2D eigenvalue weighted by Crippen LogP contribution is 2.32. The Bertz CT molecular complexity index is 1440. The van der Waals surface area contributed by atoms with Crippen molar-refractivity contribution in [3.8, 4) is 0 Å². The van der Waals surface area contributed by atoms with E-state index < -0.39 is 35.7 Å². The van der Waals surface area contributed by atoms with Crippen LogP contribution in [-0.4, -0.2) is 59.9 Å². The van der Waals surface area contributed by atoms with Crippen LogP contribution in [0, 0.1) is 0 Å². The molecular weight excluding hydrogens is 618 g/mol. The van der Waals surface area contributed by atoms with Crippen molar-refractivity contribution in [2.75, 3.05) is 13.2 Å². The first-order valence-electron chi connectivity index (χ1n) is 17.0. The maximum absolute atomic E-state index is 13.2. The van der Waals surface area contributed by atoms with Gasteiger partial charge in [-0.15, -0.1) is 6.58 Å². The van der Waals surface area contributed by atoms with E-state index in [1.807, 2.05) is 126 Å². The number of amides is 1. The molecule has 3 aromatic rings. The molecular formula is C41H53NO7. The van der Waals surface area contributed by atoms with Gasteiger partial charge in [-0.25, -0.2) is 4.79 Å². The molecule has 0 aliphatic carbocycles. The van der Waals surface area contributed by atoms with E-state index in [1.165, 1.54) is 0 Å². The van der Waals surface area contributed by atoms with Crippen molar-refractivity contribution in [3.63, 3.8) is 0 Å². The van der Waals surface area contributed by atoms with Gasteiger partial charge in [-0.1, -0.05) is 104 Å². The van der Waals surface area contributed by atoms with Gasteiger partial charge in [0.25, 0.3) is 0 Å². The highest BCUT2D eigenvalue weighted by molar-refractivity contribution is 5.69. The molecule has 4 atom stereocenters. The summed E-state index contributed by atoms with van der Waals surface area (Å²) in [7, 11) is 0. The van der Waals surface area contributed by atoms with E-state index in [9.17, 15) is 4.79 Å². The van der Waals surface area contributed by atoms with Crippen LogP contribution in [0.15, 0.2) is 116 Å². The first-order chi connectivity index (χ1) is 23.4. The zero-order valence-electron chi connectivity index (χ0n) is 29.7. The average molecular weight is 672 g/mol. The smallest absolute Gasteiger partial charge is 0.412 e. The number of hydrogen-bond donors (Lipinski definition) is 0. The third-order valence-electron chi connectivity index (χ3n) is 8.13. The van der Waals surface area contributed by atoms with Crippen molar-refractivity contribution < 1.29 is 33.2 Å². The van der Waals surface area contributed by atoms with Crippen molar-refractivity contribution in [3.05, 3.63) is 133 Å². The van der Waals surface area contributed by atoms with Crippen LogP contribution >= 0.6 is 0 Å². The quantitative estimate of drug-likeness (QED) is 0.0990. The Hall–Kier alpha value is -3.95. The van der Waals surface area contributed by atoms with Gasteiger partial charge >= 0.3 is 6.09 Å². The van der Waals surface area contributed by atoms with Crippen LogP contribution in [0.2, 0.25) is 0 Å². The van der Waals surface area contributed by atoms with Gasteiger partial charge in [0.1, 0.15) is 23.5 Å². The molecule has 0 saturated carbocycles. The predicted molar refractivity (Wildman–Crippen MR) is 191 cm³/mol. The molecule has 8 nitrogen and oxygen atoms in total. The molecule has 0 radical (unpaired) electrons. The normalized spacial score (nSPS) is 17.6. The third-order valence-corrected chi connectivity index (χ3v) is 8.13. The van der Waals surface area contributed by atoms with Crippen molar-refractivity contribution in [2.45, 2.75) is 103 Å². The Morgan fingerprint density at radius 1 is 0.898 bits per heavy atom. The van der Waals surface area contributed by atoms with Crippen molar-refractivity contribution in [1.29, 1.82) is 0 Å². The SMILES string of the molecule is C=C[C@@H](OCc1ccccc1)[C@@H](OCc1ccccc1)[C@@H](COCc1ccccc1)OC(=C)CC[C@H]1COC(C)(C)N1C(=O)OC(C)(C)C. The molecule has 49 heavy (non-hydrogen) atoms. The van der Waals surface area contributed by atoms with E-state index in [4.69, 9.17) is 28.4 Å². The highest BCUT2D eigenvalue weighted by Gasteiger charge is 2.45. The Morgan fingerprint density at radius 2 is 1.43 bits per heavy atom. The van der Waals surface area contributed by atoms with Crippen molar-refractivity contribution in [1.82, 2.24) is 4.90 Å². The molecule has 8 heteroatoms. The molecule has 0 unspecified atom stereocenters. The number of carbonyl (C=O) groups is 1. The van der Waals surface area contributed by atoms with Gasteiger partial charge in [-0.2, -0.15) is 0 Å². The zero-order valence-corrected chi connectivity index (χ0v) is 29.7. The van der Waals surface area contributed by atoms with Crippen LogP contribution in [0.1, 0.15) is 64.2 Å². The lowest BCUT2D eigenvalue weighted by Gasteiger charge is -2.35. The molecule has 1 aliphatic heterocycles. The topological polar surface area (TPSA) is 75.7 Å². The number of allylic oxidation sites excluding steroid dienone is 1. The Labute approximate surface area is 292 Å². The number of benzene rings is 3. The zero-order chi connectivity index (χ0) is 35.3. The average Bonchev–Trinajstić information content (AvgIpc) is 3.39. The van der Waals surface area contributed by atoms with E-state index in [0.717, 1.165) is 16.7 Å². The van der Waals surface area contributed by atoms with Crippen molar-refractivity contribution >= 4 is 6.09 Å². The lowest BCUT2D eigenvalue weighted by Crippen LogP contribution is -2.49. The monoisotopic (exact) mass is 671 g/mol. The summed E-state index contributed by atoms with van der Waals surface area (Å²) in [5.41, 5.74) is 1.68. The molecule has 0 bridgehead atoms. The highest BCUT2D eigenvalue weighted by atomic mass is 16.6. The molecule has 1 amide bonds. The van der Waals surface area contributed by atoms with Gasteiger partial charge < -0.3 is 28.4 Å². The van der Waals surface area contributed by atoms with Gasteiger partial charge in [0.15, 0.2) is 6.10 Å². The van der Waals surface area contributed by atoms with E-state index in [-0.39, 0.29) is 12.6 Å². The largest absolute Gasteiger partial charge is 0.490 e. The summed E-state index contributed by atoms with van der Waals surface area (Å²) in [5.74, 6) is 0.543. The van der Waals surface area contributed by atoms with Gasteiger partial charge in [-0.3, -0.25) is 4.90 Å². The van der Waals surface area contributed by atoms with Gasteiger partial charge in [0, 0.05) is 6.42 Å². The maximum Gasteiger partial charge on any atom is 0.412 e. The van der Waals surface area contributed by atoms with Crippen LogP contribution in [0.3, 0.4) is 0 Å². The van der Waals surface area contributed by atoms with E-state index in [0.29, 0.717) is 45.0 Å². The standard InChI is InChI=1S/C41H53NO7/c1-8-36(45-27-33-20-14-10-15-21-33)38(46-28-34-22-16-11-17-23-34)37(30-44-26-32-18-12-9-13-19-32)48-31(2)24-25-35-29-47-41(6,7)42(35)39(43)49-40(3,4)5/h8-23,35-38H,1-2,24-30H2,3-7H3/t35-,36+,37+,38+/m0/s1. The Balaban J connectivity index is 1.51. The molecule has 1 saturated heterocycles. The Morgan fingerprint density at radius 3 is 1.96 bits per heavy atom. The summed E-state index contributed by atoms with van der Waals surface area (Å²) in [5, 5.41) is 0. The molecule has 3 aromatic carbocycles. The number of hydrogen-bond acceptors (Lipinski definition) is 7. The van der Waals surface area contributed by atoms with Crippen molar-refractivity contribution in [2.24, 2.45) is 0 Å². The number of carbonyl (C=O) groups excluding carboxylic acids is 1. The first-order valence-corrected chi connectivity index (χ1v) is 17.0. The molecule has 264 valence electrons. The molecule has 0 N–H and O–H groups in total. The van der Waals surface area contributed by atoms with E-state index in [2.05, 4.69) is 13.2 Å². The van der Waals surface area contributed by atoms with Gasteiger partial charge in [0.2, 0.25) is 0 Å². The van der Waals surface area contributed by atoms with Crippen LogP contribution < -0.4 is 0 Å². The van der Waals surface area contributed by atoms with Crippen LogP contribution in [-0.2, 0) is 48.2 Å². The Kier molecular flexibility index (Phi) is 14.0. The lowest BCUT2D eigenvalue weighted by molar-refractivity contribution is -0.141. The summed E-state index contributed by atoms with van der Waals surface area (Å²) < 4.78 is 37.6. The number of nitrogens with zero attached hydrogens (tertiary/aromatic N) is 1. The molecule has 4 rings (SSSR count). The summed E-state index contributed by atoms with van der Waals surface area (Å²) in [4.78, 5) is 14.9. The van der Waals surface area contributed by atoms with Gasteiger partial charge in [0.05, 0.1) is 44.8 Å². The predicted octanol–water partition coefficient (Wildman–Crippen LogP) is 8.61. The third kappa shape index (κ3) is 12.2. The first kappa shape index (κ1) is 37.9. The molecule has 1 aliphatic rings. The maximum atomic E-state index is 13.2. The molecule has 0 aromatic heterocycles. The van der Waals surface area contributed by atoms with E-state index in [1.54, 1.807) is 11.0 Å². The lowest BCUT2D eigenvalue weighted by atomic mass is 10.1. The molecule has 1 heterocycles. The minimum atomic E-state index is -0.799. The second-order valence-corrected chi connectivity index (χ2v) is 13.8. The fraction of sp³-hybridized carbons (Fsp3) is 0.439. The fourth-order valence-corrected chi connectivity index (χ4v) is 5.68. The van der Waals surface area contributed by atoms with Gasteiger partial charge in [-0.05, 0) is 57.7 Å². The number of rotatable bonds is 18. The summed E-state index contributed by atoms with van der Waals surface area (Å²) in [6.07, 6.45) is 0.715.